The Hall–Kier alpha value is -2.28. The molecule has 3 unspecified atom stereocenters. The minimum absolute atomic E-state index is 0.0871. The molecule has 1 aromatic heterocycles. The molecule has 1 N–H and O–H groups in total. The van der Waals surface area contributed by atoms with Crippen LogP contribution in [0, 0.1) is 6.92 Å². The summed E-state index contributed by atoms with van der Waals surface area (Å²) in [5.74, 6) is 1.38. The number of nitrogens with zero attached hydrogens (tertiary/aromatic N) is 3. The summed E-state index contributed by atoms with van der Waals surface area (Å²) in [5.41, 5.74) is 3.60. The largest absolute Gasteiger partial charge is 0.315 e. The van der Waals surface area contributed by atoms with E-state index in [0.29, 0.717) is 12.2 Å². The summed E-state index contributed by atoms with van der Waals surface area (Å²) in [5, 5.41) is 7.76. The molecule has 2 saturated heterocycles. The number of nitrogens with one attached hydrogen (secondary N) is 1. The zero-order chi connectivity index (χ0) is 20.2. The third kappa shape index (κ3) is 2.98. The molecular formula is C22H26N4O2S. The summed E-state index contributed by atoms with van der Waals surface area (Å²) >= 11 is 1.72. The maximum Gasteiger partial charge on any atom is 0.249 e. The van der Waals surface area contributed by atoms with Crippen molar-refractivity contribution >= 4 is 29.4 Å². The summed E-state index contributed by atoms with van der Waals surface area (Å²) in [4.78, 5) is 27.2. The van der Waals surface area contributed by atoms with Gasteiger partial charge in [-0.1, -0.05) is 24.3 Å². The summed E-state index contributed by atoms with van der Waals surface area (Å²) in [6.07, 6.45) is 6.36. The number of carbonyl (C=O) groups excluding carboxylic acids is 2. The maximum absolute atomic E-state index is 13.2. The number of aryl methyl sites for hydroxylation is 2. The van der Waals surface area contributed by atoms with Crippen LogP contribution in [0.25, 0.3) is 0 Å². The van der Waals surface area contributed by atoms with Crippen molar-refractivity contribution in [2.75, 3.05) is 11.1 Å². The summed E-state index contributed by atoms with van der Waals surface area (Å²) in [7, 11) is 0. The standard InChI is InChI=1S/C22H26N4O2S/c1-14-12-23-26(17-9-5-7-15-6-3-4-8-16(15)17)20(14)24-21(28)18-13-29-22(2)11-10-19(27)25(18)22/h3-4,6,8,12,17-18H,5,7,9-11,13H2,1-2H3,(H,24,28). The molecule has 1 aromatic carbocycles. The van der Waals surface area contributed by atoms with Crippen molar-refractivity contribution in [3.63, 3.8) is 0 Å². The topological polar surface area (TPSA) is 67.2 Å². The molecule has 2 fully saturated rings. The van der Waals surface area contributed by atoms with E-state index in [1.807, 2.05) is 17.8 Å². The normalized spacial score (nSPS) is 28.3. The van der Waals surface area contributed by atoms with Crippen LogP contribution in [0.3, 0.4) is 0 Å². The molecule has 3 heterocycles. The van der Waals surface area contributed by atoms with Crippen LogP contribution < -0.4 is 5.32 Å². The summed E-state index contributed by atoms with van der Waals surface area (Å²) in [6.45, 7) is 4.05. The van der Waals surface area contributed by atoms with E-state index in [-0.39, 0.29) is 22.7 Å². The van der Waals surface area contributed by atoms with E-state index >= 15 is 0 Å². The first-order valence-electron chi connectivity index (χ1n) is 10.4. The molecule has 6 nitrogen and oxygen atoms in total. The van der Waals surface area contributed by atoms with E-state index < -0.39 is 6.04 Å². The fraction of sp³-hybridized carbons (Fsp3) is 0.500. The lowest BCUT2D eigenvalue weighted by Gasteiger charge is -2.30. The Balaban J connectivity index is 1.43. The van der Waals surface area contributed by atoms with Gasteiger partial charge in [0.1, 0.15) is 11.9 Å². The second-order valence-electron chi connectivity index (χ2n) is 8.48. The zero-order valence-electron chi connectivity index (χ0n) is 16.9. The van der Waals surface area contributed by atoms with Crippen LogP contribution in [0.15, 0.2) is 30.5 Å². The Kier molecular flexibility index (Phi) is 4.46. The van der Waals surface area contributed by atoms with Gasteiger partial charge in [0, 0.05) is 17.7 Å². The number of thioether (sulfide) groups is 1. The van der Waals surface area contributed by atoms with Crippen molar-refractivity contribution < 1.29 is 9.59 Å². The second-order valence-corrected chi connectivity index (χ2v) is 9.98. The van der Waals surface area contributed by atoms with Crippen molar-refractivity contribution in [1.29, 1.82) is 0 Å². The van der Waals surface area contributed by atoms with Crippen LogP contribution in [0.5, 0.6) is 0 Å². The highest BCUT2D eigenvalue weighted by molar-refractivity contribution is 8.01. The molecule has 0 saturated carbocycles. The van der Waals surface area contributed by atoms with Gasteiger partial charge in [-0.25, -0.2) is 4.68 Å². The molecule has 2 aliphatic heterocycles. The highest BCUT2D eigenvalue weighted by Gasteiger charge is 2.53. The van der Waals surface area contributed by atoms with Gasteiger partial charge in [-0.2, -0.15) is 5.10 Å². The first kappa shape index (κ1) is 18.7. The molecule has 2 aromatic rings. The van der Waals surface area contributed by atoms with E-state index in [2.05, 4.69) is 41.6 Å². The average molecular weight is 411 g/mol. The Bertz CT molecular complexity index is 987. The number of hydrogen-bond donors (Lipinski definition) is 1. The van der Waals surface area contributed by atoms with Gasteiger partial charge >= 0.3 is 0 Å². The molecule has 1 aliphatic carbocycles. The van der Waals surface area contributed by atoms with E-state index in [0.717, 1.165) is 37.1 Å². The lowest BCUT2D eigenvalue weighted by molar-refractivity contribution is -0.135. The minimum atomic E-state index is -0.415. The molecule has 7 heteroatoms. The Morgan fingerprint density at radius 2 is 2.14 bits per heavy atom. The average Bonchev–Trinajstić information content (AvgIpc) is 3.35. The fourth-order valence-corrected chi connectivity index (χ4v) is 6.47. The van der Waals surface area contributed by atoms with Gasteiger partial charge in [0.25, 0.3) is 0 Å². The molecule has 2 amide bonds. The maximum atomic E-state index is 13.2. The fourth-order valence-electron chi connectivity index (χ4n) is 5.04. The Labute approximate surface area is 175 Å². The van der Waals surface area contributed by atoms with E-state index in [1.54, 1.807) is 16.7 Å². The first-order valence-corrected chi connectivity index (χ1v) is 11.4. The number of hydrogen-bond acceptors (Lipinski definition) is 4. The number of amides is 2. The van der Waals surface area contributed by atoms with Crippen molar-refractivity contribution in [2.45, 2.75) is 62.9 Å². The molecule has 0 bridgehead atoms. The SMILES string of the molecule is Cc1cnn(C2CCCc3ccccc32)c1NC(=O)C1CSC2(C)CCC(=O)N12. The van der Waals surface area contributed by atoms with Gasteiger partial charge in [0.2, 0.25) is 11.8 Å². The van der Waals surface area contributed by atoms with Crippen molar-refractivity contribution in [3.05, 3.63) is 47.2 Å². The molecule has 5 rings (SSSR count). The third-order valence-electron chi connectivity index (χ3n) is 6.60. The molecule has 3 atom stereocenters. The van der Waals surface area contributed by atoms with Crippen LogP contribution in [0.2, 0.25) is 0 Å². The van der Waals surface area contributed by atoms with E-state index in [9.17, 15) is 9.59 Å². The summed E-state index contributed by atoms with van der Waals surface area (Å²) in [6, 6.07) is 8.22. The van der Waals surface area contributed by atoms with Crippen molar-refractivity contribution in [2.24, 2.45) is 0 Å². The molecule has 152 valence electrons. The molecule has 0 radical (unpaired) electrons. The van der Waals surface area contributed by atoms with Crippen LogP contribution in [-0.2, 0) is 16.0 Å². The summed E-state index contributed by atoms with van der Waals surface area (Å²) < 4.78 is 1.97. The minimum Gasteiger partial charge on any atom is -0.315 e. The van der Waals surface area contributed by atoms with Gasteiger partial charge in [-0.3, -0.25) is 9.59 Å². The van der Waals surface area contributed by atoms with Crippen molar-refractivity contribution in [1.82, 2.24) is 14.7 Å². The van der Waals surface area contributed by atoms with Crippen LogP contribution in [-0.4, -0.2) is 43.2 Å². The van der Waals surface area contributed by atoms with Crippen LogP contribution >= 0.6 is 11.8 Å². The number of aromatic nitrogens is 2. The second kappa shape index (κ2) is 6.90. The first-order chi connectivity index (χ1) is 14.0. The van der Waals surface area contributed by atoms with Gasteiger partial charge in [0.05, 0.1) is 17.1 Å². The third-order valence-corrected chi connectivity index (χ3v) is 8.11. The van der Waals surface area contributed by atoms with Crippen LogP contribution in [0.1, 0.15) is 55.3 Å². The predicted octanol–water partition coefficient (Wildman–Crippen LogP) is 3.51. The Morgan fingerprint density at radius 3 is 3.00 bits per heavy atom. The molecular weight excluding hydrogens is 384 g/mol. The highest BCUT2D eigenvalue weighted by Crippen LogP contribution is 2.47. The number of fused-ring (bicyclic) bond motifs is 2. The highest BCUT2D eigenvalue weighted by atomic mass is 32.2. The molecule has 0 spiro atoms. The lowest BCUT2D eigenvalue weighted by Crippen LogP contribution is -2.48. The number of anilines is 1. The molecule has 3 aliphatic rings. The van der Waals surface area contributed by atoms with Crippen molar-refractivity contribution in [3.8, 4) is 0 Å². The van der Waals surface area contributed by atoms with Gasteiger partial charge in [-0.15, -0.1) is 11.8 Å². The Morgan fingerprint density at radius 1 is 1.31 bits per heavy atom. The van der Waals surface area contributed by atoms with E-state index in [4.69, 9.17) is 0 Å². The van der Waals surface area contributed by atoms with Gasteiger partial charge < -0.3 is 10.2 Å². The van der Waals surface area contributed by atoms with Crippen LogP contribution in [0.4, 0.5) is 5.82 Å². The number of benzene rings is 1. The molecule has 29 heavy (non-hydrogen) atoms. The lowest BCUT2D eigenvalue weighted by atomic mass is 9.88. The number of carbonyl (C=O) groups is 2. The van der Waals surface area contributed by atoms with E-state index in [1.165, 1.54) is 11.1 Å². The monoisotopic (exact) mass is 410 g/mol. The number of rotatable bonds is 3. The van der Waals surface area contributed by atoms with Gasteiger partial charge in [0.15, 0.2) is 0 Å². The zero-order valence-corrected chi connectivity index (χ0v) is 17.7. The smallest absolute Gasteiger partial charge is 0.249 e. The predicted molar refractivity (Wildman–Crippen MR) is 114 cm³/mol. The quantitative estimate of drug-likeness (QED) is 0.841. The van der Waals surface area contributed by atoms with Gasteiger partial charge in [-0.05, 0) is 50.7 Å².